The molecule has 39 heavy (non-hydrogen) atoms. The minimum Gasteiger partial charge on any atom is -0.480 e. The molecular weight excluding hydrogens is 490 g/mol. The Hall–Kier alpha value is -4.00. The van der Waals surface area contributed by atoms with E-state index in [1.54, 1.807) is 18.3 Å². The van der Waals surface area contributed by atoms with Gasteiger partial charge in [0.15, 0.2) is 0 Å². The van der Waals surface area contributed by atoms with E-state index >= 15 is 0 Å². The Bertz CT molecular complexity index is 1010. The number of nitrogens with one attached hydrogen (secondary N) is 2. The van der Waals surface area contributed by atoms with Gasteiger partial charge >= 0.3 is 5.97 Å². The van der Waals surface area contributed by atoms with Crippen LogP contribution in [-0.4, -0.2) is 40.5 Å². The van der Waals surface area contributed by atoms with Gasteiger partial charge in [-0.05, 0) is 63.5 Å². The second-order valence-electron chi connectivity index (χ2n) is 8.70. The number of pyridine rings is 1. The van der Waals surface area contributed by atoms with Crippen LogP contribution in [0.25, 0.3) is 0 Å². The topological polar surface area (TPSA) is 108 Å². The van der Waals surface area contributed by atoms with Crippen molar-refractivity contribution in [1.29, 1.82) is 0 Å². The number of carbonyl (C=O) groups is 3. The van der Waals surface area contributed by atoms with Crippen LogP contribution >= 0.6 is 0 Å². The maximum Gasteiger partial charge on any atom is 0.326 e. The molecule has 1 atom stereocenters. The number of allylic oxidation sites excluding steroid dienone is 12. The van der Waals surface area contributed by atoms with Crippen LogP contribution in [0.4, 0.5) is 0 Å². The number of nitrogens with zero attached hydrogens (tertiary/aromatic N) is 1. The van der Waals surface area contributed by atoms with E-state index < -0.39 is 12.0 Å². The number of carboxylic acid groups (broad SMARTS) is 1. The Morgan fingerprint density at radius 3 is 1.87 bits per heavy atom. The number of amides is 2. The van der Waals surface area contributed by atoms with Crippen molar-refractivity contribution in [1.82, 2.24) is 15.6 Å². The van der Waals surface area contributed by atoms with Gasteiger partial charge in [-0.15, -0.1) is 0 Å². The Balaban J connectivity index is 2.12. The molecular formula is C32H43N3O4. The van der Waals surface area contributed by atoms with Crippen molar-refractivity contribution in [2.24, 2.45) is 0 Å². The fraction of sp³-hybridized carbons (Fsp3) is 0.375. The molecule has 1 unspecified atom stereocenters. The van der Waals surface area contributed by atoms with E-state index in [4.69, 9.17) is 0 Å². The van der Waals surface area contributed by atoms with E-state index in [1.807, 2.05) is 12.2 Å². The molecule has 1 aromatic heterocycles. The molecule has 0 bridgehead atoms. The van der Waals surface area contributed by atoms with Crippen LogP contribution in [0.1, 0.15) is 75.1 Å². The highest BCUT2D eigenvalue weighted by atomic mass is 16.4. The van der Waals surface area contributed by atoms with Crippen molar-refractivity contribution in [3.05, 3.63) is 103 Å². The molecule has 0 spiro atoms. The maximum atomic E-state index is 12.1. The Morgan fingerprint density at radius 2 is 1.38 bits per heavy atom. The molecule has 2 amide bonds. The average molecular weight is 534 g/mol. The highest BCUT2D eigenvalue weighted by Gasteiger charge is 2.19. The molecule has 0 fully saturated rings. The fourth-order valence-corrected chi connectivity index (χ4v) is 3.31. The van der Waals surface area contributed by atoms with E-state index in [0.717, 1.165) is 38.5 Å². The van der Waals surface area contributed by atoms with Crippen LogP contribution in [0.2, 0.25) is 0 Å². The van der Waals surface area contributed by atoms with Gasteiger partial charge in [0.25, 0.3) is 5.91 Å². The lowest BCUT2D eigenvalue weighted by Crippen LogP contribution is -2.43. The number of hydrogen-bond donors (Lipinski definition) is 3. The number of aliphatic carboxylic acids is 1. The lowest BCUT2D eigenvalue weighted by atomic mass is 10.1. The zero-order valence-corrected chi connectivity index (χ0v) is 23.0. The minimum absolute atomic E-state index is 0.0903. The second-order valence-corrected chi connectivity index (χ2v) is 8.70. The van der Waals surface area contributed by atoms with Gasteiger partial charge in [0.1, 0.15) is 6.04 Å². The standard InChI is InChI=1S/C32H43N3O4/c1-2-3-4-5-6-7-8-9-10-11-12-13-14-15-16-17-18-19-20-23-30(36)35-29(32(38)39)24-26-34-31(37)28-22-21-25-33-27-28/h3-4,6-7,9-10,12-13,15-16,18-19,21-22,25,27,29H,2,5,8,11,14,17,20,23-24,26H2,1H3,(H,34,37)(H,35,36)(H,38,39). The Morgan fingerprint density at radius 1 is 0.846 bits per heavy atom. The van der Waals surface area contributed by atoms with Crippen LogP contribution in [0, 0.1) is 0 Å². The molecule has 210 valence electrons. The summed E-state index contributed by atoms with van der Waals surface area (Å²) in [6, 6.07) is 2.21. The number of rotatable bonds is 20. The molecule has 0 aliphatic heterocycles. The predicted octanol–water partition coefficient (Wildman–Crippen LogP) is 6.25. The van der Waals surface area contributed by atoms with Crippen molar-refractivity contribution < 1.29 is 19.5 Å². The van der Waals surface area contributed by atoms with Gasteiger partial charge in [0.05, 0.1) is 5.56 Å². The minimum atomic E-state index is -1.13. The third-order valence-electron chi connectivity index (χ3n) is 5.41. The van der Waals surface area contributed by atoms with Gasteiger partial charge in [0, 0.05) is 25.4 Å². The van der Waals surface area contributed by atoms with Crippen molar-refractivity contribution in [2.75, 3.05) is 6.54 Å². The molecule has 1 heterocycles. The van der Waals surface area contributed by atoms with Gasteiger partial charge in [-0.25, -0.2) is 4.79 Å². The molecule has 0 saturated carbocycles. The summed E-state index contributed by atoms with van der Waals surface area (Å²) in [5, 5.41) is 14.5. The summed E-state index contributed by atoms with van der Waals surface area (Å²) in [6.45, 7) is 2.26. The lowest BCUT2D eigenvalue weighted by molar-refractivity contribution is -0.142. The normalized spacial score (nSPS) is 12.9. The fourth-order valence-electron chi connectivity index (χ4n) is 3.31. The van der Waals surface area contributed by atoms with Crippen molar-refractivity contribution >= 4 is 17.8 Å². The second kappa shape index (κ2) is 23.1. The summed E-state index contributed by atoms with van der Waals surface area (Å²) in [6.07, 6.45) is 34.9. The lowest BCUT2D eigenvalue weighted by Gasteiger charge is -2.14. The summed E-state index contributed by atoms with van der Waals surface area (Å²) in [7, 11) is 0. The molecule has 1 rings (SSSR count). The van der Waals surface area contributed by atoms with Gasteiger partial charge in [-0.3, -0.25) is 14.6 Å². The van der Waals surface area contributed by atoms with Crippen LogP contribution in [0.3, 0.4) is 0 Å². The van der Waals surface area contributed by atoms with E-state index in [-0.39, 0.29) is 31.2 Å². The van der Waals surface area contributed by atoms with E-state index in [1.165, 1.54) is 6.20 Å². The maximum absolute atomic E-state index is 12.1. The van der Waals surface area contributed by atoms with E-state index in [2.05, 4.69) is 83.3 Å². The summed E-state index contributed by atoms with van der Waals surface area (Å²) >= 11 is 0. The average Bonchev–Trinajstić information content (AvgIpc) is 2.94. The molecule has 0 aliphatic rings. The molecule has 0 aromatic carbocycles. The molecule has 0 radical (unpaired) electrons. The van der Waals surface area contributed by atoms with Crippen molar-refractivity contribution in [3.63, 3.8) is 0 Å². The van der Waals surface area contributed by atoms with Gasteiger partial charge in [-0.1, -0.05) is 79.8 Å². The highest BCUT2D eigenvalue weighted by molar-refractivity contribution is 5.93. The van der Waals surface area contributed by atoms with Crippen LogP contribution < -0.4 is 10.6 Å². The molecule has 0 saturated heterocycles. The number of aromatic nitrogens is 1. The number of carboxylic acids is 1. The number of hydrogen-bond acceptors (Lipinski definition) is 4. The van der Waals surface area contributed by atoms with Gasteiger partial charge < -0.3 is 15.7 Å². The summed E-state index contributed by atoms with van der Waals surface area (Å²) in [5.74, 6) is -1.80. The number of carbonyl (C=O) groups excluding carboxylic acids is 2. The van der Waals surface area contributed by atoms with Crippen LogP contribution in [-0.2, 0) is 9.59 Å². The summed E-state index contributed by atoms with van der Waals surface area (Å²) in [4.78, 5) is 39.5. The summed E-state index contributed by atoms with van der Waals surface area (Å²) < 4.78 is 0. The predicted molar refractivity (Wildman–Crippen MR) is 158 cm³/mol. The van der Waals surface area contributed by atoms with Gasteiger partial charge in [-0.2, -0.15) is 0 Å². The third kappa shape index (κ3) is 18.8. The van der Waals surface area contributed by atoms with E-state index in [9.17, 15) is 19.5 Å². The Labute approximate surface area is 233 Å². The molecule has 1 aromatic rings. The highest BCUT2D eigenvalue weighted by Crippen LogP contribution is 2.00. The summed E-state index contributed by atoms with van der Waals surface area (Å²) in [5.41, 5.74) is 0.393. The molecule has 7 heteroatoms. The zero-order valence-electron chi connectivity index (χ0n) is 23.0. The first-order valence-corrected chi connectivity index (χ1v) is 13.6. The quantitative estimate of drug-likeness (QED) is 0.172. The SMILES string of the molecule is CCC=CCC=CCC=CCC=CCC=CCC=CCCC(=O)NC(CCNC(=O)c1cccnc1)C(=O)O. The first-order valence-electron chi connectivity index (χ1n) is 13.6. The third-order valence-corrected chi connectivity index (χ3v) is 5.41. The van der Waals surface area contributed by atoms with Gasteiger partial charge in [0.2, 0.25) is 5.91 Å². The first-order chi connectivity index (χ1) is 19.0. The smallest absolute Gasteiger partial charge is 0.326 e. The largest absolute Gasteiger partial charge is 0.480 e. The molecule has 7 nitrogen and oxygen atoms in total. The first kappa shape index (κ1) is 33.0. The van der Waals surface area contributed by atoms with Crippen LogP contribution in [0.15, 0.2) is 97.4 Å². The zero-order chi connectivity index (χ0) is 28.4. The molecule has 0 aliphatic carbocycles. The van der Waals surface area contributed by atoms with E-state index in [0.29, 0.717) is 12.0 Å². The van der Waals surface area contributed by atoms with Crippen molar-refractivity contribution in [2.45, 2.75) is 70.8 Å². The van der Waals surface area contributed by atoms with Crippen LogP contribution in [0.5, 0.6) is 0 Å². The molecule has 3 N–H and O–H groups in total. The Kier molecular flexibility index (Phi) is 19.6. The van der Waals surface area contributed by atoms with Crippen molar-refractivity contribution in [3.8, 4) is 0 Å². The monoisotopic (exact) mass is 533 g/mol.